The monoisotopic (exact) mass is 540 g/mol. The zero-order valence-corrected chi connectivity index (χ0v) is 21.7. The number of pyridine rings is 1. The van der Waals surface area contributed by atoms with E-state index in [2.05, 4.69) is 19.3 Å². The number of aromatic nitrogens is 3. The Morgan fingerprint density at radius 2 is 1.78 bits per heavy atom. The number of aliphatic hydroxyl groups excluding tert-OH is 1. The molecule has 2 aromatic heterocycles. The van der Waals surface area contributed by atoms with Crippen LogP contribution in [0.1, 0.15) is 0 Å². The summed E-state index contributed by atoms with van der Waals surface area (Å²) < 4.78 is 33.6. The topological polar surface area (TPSA) is 119 Å². The van der Waals surface area contributed by atoms with Crippen molar-refractivity contribution in [2.45, 2.75) is 24.4 Å². The number of rotatable bonds is 5. The standard InChI is InChI=1S/C26H25ClN4O5S/c1-37(2,33)31-17-5-3-4-16(10-17)14-6-8-15(9-7-14)22-18(27)11-19-25(29-22)30-26(28-19)36-21-13-35-23-20(32)12-34-24(21)23/h3-11,20-21,23-24,32H,12-13H2,1-2H3,(H,28,29,30)/t20-,21-,23-,24-/m1/s1. The van der Waals surface area contributed by atoms with Gasteiger partial charge in [-0.25, -0.2) is 9.19 Å². The van der Waals surface area contributed by atoms with Crippen LogP contribution in [0.25, 0.3) is 33.5 Å². The first-order chi connectivity index (χ1) is 17.7. The molecule has 0 amide bonds. The van der Waals surface area contributed by atoms with Crippen molar-refractivity contribution in [1.29, 1.82) is 0 Å². The molecule has 4 atom stereocenters. The third-order valence-electron chi connectivity index (χ3n) is 6.31. The minimum Gasteiger partial charge on any atom is -0.456 e. The Labute approximate surface area is 219 Å². The SMILES string of the molecule is CS(C)(=O)=Nc1cccc(-c2ccc(-c3nc4nc(O[C@@H]5CO[C@H]6[C@@H]5OC[C@H]6O)[nH]c4cc3Cl)cc2)c1. The Hall–Kier alpha value is -3.02. The highest BCUT2D eigenvalue weighted by molar-refractivity contribution is 7.92. The highest BCUT2D eigenvalue weighted by atomic mass is 35.5. The third kappa shape index (κ3) is 4.95. The van der Waals surface area contributed by atoms with Gasteiger partial charge in [-0.05, 0) is 29.3 Å². The molecule has 37 heavy (non-hydrogen) atoms. The lowest BCUT2D eigenvalue weighted by Crippen LogP contribution is -2.34. The Balaban J connectivity index is 1.24. The van der Waals surface area contributed by atoms with Crippen LogP contribution in [0.3, 0.4) is 0 Å². The van der Waals surface area contributed by atoms with Crippen LogP contribution in [0, 0.1) is 0 Å². The average Bonchev–Trinajstić information content (AvgIpc) is 3.54. The molecule has 0 saturated carbocycles. The van der Waals surface area contributed by atoms with E-state index in [0.29, 0.717) is 40.2 Å². The maximum atomic E-state index is 12.1. The summed E-state index contributed by atoms with van der Waals surface area (Å²) in [5.74, 6) is 0. The van der Waals surface area contributed by atoms with Gasteiger partial charge in [0.05, 0.1) is 35.1 Å². The Bertz CT molecular complexity index is 1590. The van der Waals surface area contributed by atoms with Gasteiger partial charge in [0.2, 0.25) is 0 Å². The average molecular weight is 541 g/mol. The van der Waals surface area contributed by atoms with Gasteiger partial charge in [0, 0.05) is 27.8 Å². The van der Waals surface area contributed by atoms with Crippen molar-refractivity contribution in [3.8, 4) is 28.4 Å². The molecule has 11 heteroatoms. The fourth-order valence-corrected chi connectivity index (χ4v) is 5.54. The van der Waals surface area contributed by atoms with E-state index in [1.54, 1.807) is 18.6 Å². The van der Waals surface area contributed by atoms with Crippen LogP contribution in [0.2, 0.25) is 5.02 Å². The number of H-pyrrole nitrogens is 1. The quantitative estimate of drug-likeness (QED) is 0.389. The van der Waals surface area contributed by atoms with E-state index in [9.17, 15) is 9.32 Å². The first-order valence-electron chi connectivity index (χ1n) is 11.8. The summed E-state index contributed by atoms with van der Waals surface area (Å²) in [6, 6.07) is 17.6. The van der Waals surface area contributed by atoms with Crippen LogP contribution in [-0.2, 0) is 19.2 Å². The summed E-state index contributed by atoms with van der Waals surface area (Å²) in [7, 11) is -2.24. The van der Waals surface area contributed by atoms with E-state index in [-0.39, 0.29) is 24.9 Å². The highest BCUT2D eigenvalue weighted by Gasteiger charge is 2.48. The lowest BCUT2D eigenvalue weighted by atomic mass is 10.0. The van der Waals surface area contributed by atoms with Crippen molar-refractivity contribution >= 4 is 38.2 Å². The number of aromatic amines is 1. The number of fused-ring (bicyclic) bond motifs is 2. The molecule has 9 nitrogen and oxygen atoms in total. The normalized spacial score (nSPS) is 23.4. The summed E-state index contributed by atoms with van der Waals surface area (Å²) in [6.45, 7) is 0.538. The molecule has 2 aromatic carbocycles. The van der Waals surface area contributed by atoms with Gasteiger partial charge in [0.15, 0.2) is 11.8 Å². The van der Waals surface area contributed by atoms with Crippen LogP contribution < -0.4 is 4.74 Å². The van der Waals surface area contributed by atoms with Crippen molar-refractivity contribution in [2.75, 3.05) is 25.7 Å². The third-order valence-corrected chi connectivity index (χ3v) is 7.25. The first-order valence-corrected chi connectivity index (χ1v) is 14.5. The second-order valence-corrected chi connectivity index (χ2v) is 12.4. The van der Waals surface area contributed by atoms with Gasteiger partial charge in [0.25, 0.3) is 6.01 Å². The predicted octanol–water partition coefficient (Wildman–Crippen LogP) is 4.21. The number of nitrogens with zero attached hydrogens (tertiary/aromatic N) is 3. The number of hydrogen-bond acceptors (Lipinski definition) is 8. The molecule has 6 rings (SSSR count). The molecular formula is C26H25ClN4O5S. The molecule has 2 N–H and O–H groups in total. The van der Waals surface area contributed by atoms with Crippen LogP contribution in [0.15, 0.2) is 59.0 Å². The Morgan fingerprint density at radius 3 is 2.57 bits per heavy atom. The Morgan fingerprint density at radius 1 is 1.03 bits per heavy atom. The summed E-state index contributed by atoms with van der Waals surface area (Å²) in [4.78, 5) is 12.3. The molecule has 0 spiro atoms. The van der Waals surface area contributed by atoms with Crippen LogP contribution >= 0.6 is 11.6 Å². The number of halogens is 1. The fraction of sp³-hybridized carbons (Fsp3) is 0.308. The van der Waals surface area contributed by atoms with E-state index in [4.69, 9.17) is 25.8 Å². The molecule has 0 aliphatic carbocycles. The van der Waals surface area contributed by atoms with Crippen molar-refractivity contribution in [2.24, 2.45) is 4.36 Å². The fourth-order valence-electron chi connectivity index (χ4n) is 4.66. The summed E-state index contributed by atoms with van der Waals surface area (Å²) in [5, 5.41) is 10.4. The number of ether oxygens (including phenoxy) is 3. The number of aliphatic hydroxyl groups is 1. The van der Waals surface area contributed by atoms with Crippen molar-refractivity contribution in [3.63, 3.8) is 0 Å². The smallest absolute Gasteiger partial charge is 0.296 e. The van der Waals surface area contributed by atoms with Crippen molar-refractivity contribution in [3.05, 3.63) is 59.6 Å². The lowest BCUT2D eigenvalue weighted by Gasteiger charge is -2.15. The van der Waals surface area contributed by atoms with E-state index in [1.165, 1.54) is 0 Å². The molecule has 0 unspecified atom stereocenters. The van der Waals surface area contributed by atoms with Gasteiger partial charge in [0.1, 0.15) is 18.3 Å². The summed E-state index contributed by atoms with van der Waals surface area (Å²) in [5.41, 5.74) is 5.20. The lowest BCUT2D eigenvalue weighted by molar-refractivity contribution is 0.00706. The summed E-state index contributed by atoms with van der Waals surface area (Å²) in [6.07, 6.45) is 1.49. The molecule has 4 heterocycles. The molecule has 2 fully saturated rings. The van der Waals surface area contributed by atoms with Crippen LogP contribution in [0.5, 0.6) is 6.01 Å². The molecule has 4 aromatic rings. The highest BCUT2D eigenvalue weighted by Crippen LogP contribution is 2.33. The molecular weight excluding hydrogens is 516 g/mol. The zero-order valence-electron chi connectivity index (χ0n) is 20.1. The van der Waals surface area contributed by atoms with E-state index in [1.807, 2.05) is 48.5 Å². The minimum absolute atomic E-state index is 0.231. The molecule has 2 saturated heterocycles. The van der Waals surface area contributed by atoms with Crippen molar-refractivity contribution in [1.82, 2.24) is 15.0 Å². The van der Waals surface area contributed by atoms with Gasteiger partial charge in [-0.2, -0.15) is 9.35 Å². The predicted molar refractivity (Wildman–Crippen MR) is 142 cm³/mol. The second-order valence-electron chi connectivity index (χ2n) is 9.45. The van der Waals surface area contributed by atoms with E-state index in [0.717, 1.165) is 16.7 Å². The van der Waals surface area contributed by atoms with E-state index < -0.39 is 15.8 Å². The zero-order chi connectivity index (χ0) is 25.7. The largest absolute Gasteiger partial charge is 0.456 e. The van der Waals surface area contributed by atoms with Gasteiger partial charge in [-0.1, -0.05) is 48.0 Å². The van der Waals surface area contributed by atoms with Gasteiger partial charge in [-0.15, -0.1) is 0 Å². The number of imidazole rings is 1. The maximum absolute atomic E-state index is 12.1. The number of hydrogen-bond donors (Lipinski definition) is 2. The molecule has 0 radical (unpaired) electrons. The first kappa shape index (κ1) is 24.3. The maximum Gasteiger partial charge on any atom is 0.296 e. The molecule has 2 aliphatic heterocycles. The van der Waals surface area contributed by atoms with E-state index >= 15 is 0 Å². The Kier molecular flexibility index (Phi) is 6.16. The van der Waals surface area contributed by atoms with Gasteiger partial charge >= 0.3 is 0 Å². The molecule has 2 aliphatic rings. The number of benzene rings is 2. The summed E-state index contributed by atoms with van der Waals surface area (Å²) >= 11 is 6.59. The van der Waals surface area contributed by atoms with Gasteiger partial charge in [-0.3, -0.25) is 0 Å². The minimum atomic E-state index is -2.24. The molecule has 192 valence electrons. The van der Waals surface area contributed by atoms with Crippen molar-refractivity contribution < 1.29 is 23.5 Å². The van der Waals surface area contributed by atoms with Crippen LogP contribution in [-0.4, -0.2) is 74.4 Å². The molecule has 0 bridgehead atoms. The van der Waals surface area contributed by atoms with Gasteiger partial charge < -0.3 is 24.3 Å². The van der Waals surface area contributed by atoms with Crippen LogP contribution in [0.4, 0.5) is 5.69 Å². The second kappa shape index (κ2) is 9.38. The number of nitrogens with one attached hydrogen (secondary N) is 1.